The standard InChI is InChI=1S/C23H20Cl2N2O3/c1-2-11-30-23(29)18-13-27(22(28)17-8-7-14(24)12-19(17)25)10-9-16-15-5-3-4-6-20(15)26-21(16)18/h3-8,12-13,26H,2,9-11H2,1H3. The Balaban J connectivity index is 1.78. The Morgan fingerprint density at radius 1 is 1.17 bits per heavy atom. The molecule has 0 saturated heterocycles. The molecule has 0 radical (unpaired) electrons. The van der Waals surface area contributed by atoms with Crippen LogP contribution in [0.1, 0.15) is 35.0 Å². The summed E-state index contributed by atoms with van der Waals surface area (Å²) in [5.41, 5.74) is 3.27. The lowest BCUT2D eigenvalue weighted by atomic mass is 10.0. The van der Waals surface area contributed by atoms with E-state index in [1.54, 1.807) is 18.3 Å². The van der Waals surface area contributed by atoms with Gasteiger partial charge in [0.1, 0.15) is 0 Å². The van der Waals surface area contributed by atoms with Gasteiger partial charge in [-0.25, -0.2) is 4.79 Å². The Hall–Kier alpha value is -2.76. The van der Waals surface area contributed by atoms with Crippen molar-refractivity contribution in [1.82, 2.24) is 9.88 Å². The molecule has 30 heavy (non-hydrogen) atoms. The third-order valence-electron chi connectivity index (χ3n) is 5.05. The van der Waals surface area contributed by atoms with Gasteiger partial charge in [0.25, 0.3) is 5.91 Å². The number of fused-ring (bicyclic) bond motifs is 3. The first-order valence-electron chi connectivity index (χ1n) is 9.74. The molecule has 0 aliphatic carbocycles. The zero-order valence-corrected chi connectivity index (χ0v) is 17.9. The Labute approximate surface area is 184 Å². The summed E-state index contributed by atoms with van der Waals surface area (Å²) in [6.45, 7) is 2.64. The van der Waals surface area contributed by atoms with Crippen molar-refractivity contribution >= 4 is 51.6 Å². The normalized spacial score (nSPS) is 13.6. The summed E-state index contributed by atoms with van der Waals surface area (Å²) in [7, 11) is 0. The molecule has 0 atom stereocenters. The van der Waals surface area contributed by atoms with Crippen molar-refractivity contribution < 1.29 is 14.3 Å². The second kappa shape index (κ2) is 8.54. The lowest BCUT2D eigenvalue weighted by molar-refractivity contribution is -0.136. The number of ether oxygens (including phenoxy) is 1. The molecule has 2 heterocycles. The lowest BCUT2D eigenvalue weighted by Gasteiger charge is -2.18. The monoisotopic (exact) mass is 442 g/mol. The summed E-state index contributed by atoms with van der Waals surface area (Å²) < 4.78 is 5.40. The highest BCUT2D eigenvalue weighted by atomic mass is 35.5. The zero-order valence-electron chi connectivity index (χ0n) is 16.4. The van der Waals surface area contributed by atoms with Crippen LogP contribution in [0.4, 0.5) is 0 Å². The molecule has 4 rings (SSSR count). The molecule has 1 N–H and O–H groups in total. The quantitative estimate of drug-likeness (QED) is 0.545. The van der Waals surface area contributed by atoms with E-state index in [-0.39, 0.29) is 10.9 Å². The second-order valence-corrected chi connectivity index (χ2v) is 7.92. The number of amides is 1. The molecule has 5 nitrogen and oxygen atoms in total. The number of para-hydroxylation sites is 1. The van der Waals surface area contributed by atoms with Crippen LogP contribution in [0.2, 0.25) is 10.0 Å². The smallest absolute Gasteiger partial charge is 0.341 e. The van der Waals surface area contributed by atoms with Crippen molar-refractivity contribution in [2.24, 2.45) is 0 Å². The molecule has 3 aromatic rings. The van der Waals surface area contributed by atoms with E-state index in [2.05, 4.69) is 4.98 Å². The Kier molecular flexibility index (Phi) is 5.84. The zero-order chi connectivity index (χ0) is 21.3. The van der Waals surface area contributed by atoms with Crippen LogP contribution in [-0.2, 0) is 16.0 Å². The van der Waals surface area contributed by atoms with Crippen LogP contribution in [0.25, 0.3) is 16.5 Å². The number of hydrogen-bond acceptors (Lipinski definition) is 3. The number of carbonyl (C=O) groups is 2. The molecule has 1 aliphatic rings. The molecule has 2 aromatic carbocycles. The van der Waals surface area contributed by atoms with Gasteiger partial charge < -0.3 is 14.6 Å². The van der Waals surface area contributed by atoms with Gasteiger partial charge in [-0.15, -0.1) is 0 Å². The summed E-state index contributed by atoms with van der Waals surface area (Å²) >= 11 is 12.2. The third-order valence-corrected chi connectivity index (χ3v) is 5.60. The first kappa shape index (κ1) is 20.5. The molecule has 0 saturated carbocycles. The van der Waals surface area contributed by atoms with E-state index < -0.39 is 5.97 Å². The number of rotatable bonds is 4. The highest BCUT2D eigenvalue weighted by molar-refractivity contribution is 6.36. The van der Waals surface area contributed by atoms with Crippen molar-refractivity contribution in [1.29, 1.82) is 0 Å². The molecule has 1 amide bonds. The molecular weight excluding hydrogens is 423 g/mol. The molecule has 0 bridgehead atoms. The fraction of sp³-hybridized carbons (Fsp3) is 0.217. The van der Waals surface area contributed by atoms with Crippen LogP contribution in [0.15, 0.2) is 48.7 Å². The van der Waals surface area contributed by atoms with Gasteiger partial charge in [-0.05, 0) is 42.7 Å². The number of nitrogens with one attached hydrogen (secondary N) is 1. The van der Waals surface area contributed by atoms with Crippen LogP contribution >= 0.6 is 23.2 Å². The number of nitrogens with zero attached hydrogens (tertiary/aromatic N) is 1. The maximum Gasteiger partial charge on any atom is 0.341 e. The molecule has 0 spiro atoms. The Morgan fingerprint density at radius 3 is 2.73 bits per heavy atom. The summed E-state index contributed by atoms with van der Waals surface area (Å²) in [5.74, 6) is -0.765. The van der Waals surface area contributed by atoms with Gasteiger partial charge in [0.15, 0.2) is 0 Å². The molecule has 1 aliphatic heterocycles. The van der Waals surface area contributed by atoms with Crippen molar-refractivity contribution in [3.05, 3.63) is 75.5 Å². The lowest BCUT2D eigenvalue weighted by Crippen LogP contribution is -2.28. The fourth-order valence-corrected chi connectivity index (χ4v) is 4.10. The van der Waals surface area contributed by atoms with E-state index >= 15 is 0 Å². The maximum absolute atomic E-state index is 13.2. The number of halogens is 2. The van der Waals surface area contributed by atoms with Crippen molar-refractivity contribution in [2.45, 2.75) is 19.8 Å². The first-order valence-corrected chi connectivity index (χ1v) is 10.5. The van der Waals surface area contributed by atoms with Gasteiger partial charge in [-0.3, -0.25) is 4.79 Å². The highest BCUT2D eigenvalue weighted by Gasteiger charge is 2.28. The van der Waals surface area contributed by atoms with Crippen LogP contribution in [0, 0.1) is 0 Å². The largest absolute Gasteiger partial charge is 0.462 e. The van der Waals surface area contributed by atoms with Crippen LogP contribution in [0.3, 0.4) is 0 Å². The fourth-order valence-electron chi connectivity index (χ4n) is 3.61. The topological polar surface area (TPSA) is 62.4 Å². The van der Waals surface area contributed by atoms with Crippen LogP contribution in [-0.4, -0.2) is 34.9 Å². The van der Waals surface area contributed by atoms with E-state index in [0.717, 1.165) is 16.5 Å². The highest BCUT2D eigenvalue weighted by Crippen LogP contribution is 2.32. The molecule has 7 heteroatoms. The average Bonchev–Trinajstić information content (AvgIpc) is 2.99. The van der Waals surface area contributed by atoms with E-state index in [4.69, 9.17) is 27.9 Å². The van der Waals surface area contributed by atoms with Gasteiger partial charge in [0.2, 0.25) is 0 Å². The number of aromatic nitrogens is 1. The third kappa shape index (κ3) is 3.83. The van der Waals surface area contributed by atoms with Gasteiger partial charge in [0.05, 0.1) is 28.5 Å². The van der Waals surface area contributed by atoms with Gasteiger partial charge >= 0.3 is 5.97 Å². The van der Waals surface area contributed by atoms with E-state index in [1.165, 1.54) is 11.0 Å². The predicted molar refractivity (Wildman–Crippen MR) is 119 cm³/mol. The number of H-pyrrole nitrogens is 1. The summed E-state index contributed by atoms with van der Waals surface area (Å²) in [4.78, 5) is 30.9. The first-order chi connectivity index (χ1) is 14.5. The molecule has 1 aromatic heterocycles. The van der Waals surface area contributed by atoms with Crippen molar-refractivity contribution in [2.75, 3.05) is 13.2 Å². The molecular formula is C23H20Cl2N2O3. The van der Waals surface area contributed by atoms with E-state index in [1.807, 2.05) is 31.2 Å². The van der Waals surface area contributed by atoms with Crippen LogP contribution in [0.5, 0.6) is 0 Å². The minimum atomic E-state index is -0.466. The summed E-state index contributed by atoms with van der Waals surface area (Å²) in [5, 5.41) is 1.75. The molecule has 154 valence electrons. The minimum Gasteiger partial charge on any atom is -0.462 e. The molecule has 0 fully saturated rings. The van der Waals surface area contributed by atoms with Crippen molar-refractivity contribution in [3.8, 4) is 0 Å². The SMILES string of the molecule is CCCOC(=O)C1=CN(C(=O)c2ccc(Cl)cc2Cl)CCc2c1[nH]c1ccccc21. The van der Waals surface area contributed by atoms with E-state index in [9.17, 15) is 9.59 Å². The number of carbonyl (C=O) groups excluding carboxylic acids is 2. The number of esters is 1. The summed E-state index contributed by atoms with van der Waals surface area (Å²) in [6.07, 6.45) is 2.85. The molecule has 0 unspecified atom stereocenters. The predicted octanol–water partition coefficient (Wildman–Crippen LogP) is 5.47. The number of benzene rings is 2. The van der Waals surface area contributed by atoms with Gasteiger partial charge in [-0.2, -0.15) is 0 Å². The minimum absolute atomic E-state index is 0.268. The van der Waals surface area contributed by atoms with Crippen molar-refractivity contribution in [3.63, 3.8) is 0 Å². The second-order valence-electron chi connectivity index (χ2n) is 7.08. The average molecular weight is 443 g/mol. The number of hydrogen-bond donors (Lipinski definition) is 1. The van der Waals surface area contributed by atoms with E-state index in [0.29, 0.717) is 47.8 Å². The Bertz CT molecular complexity index is 1170. The van der Waals surface area contributed by atoms with Gasteiger partial charge in [-0.1, -0.05) is 48.3 Å². The number of aromatic amines is 1. The Morgan fingerprint density at radius 2 is 1.97 bits per heavy atom. The van der Waals surface area contributed by atoms with Gasteiger partial charge in [0, 0.05) is 28.7 Å². The maximum atomic E-state index is 13.2. The summed E-state index contributed by atoms with van der Waals surface area (Å²) in [6, 6.07) is 12.6. The van der Waals surface area contributed by atoms with Crippen LogP contribution < -0.4 is 0 Å².